The molecule has 20 heavy (non-hydrogen) atoms. The molecule has 6 N–H and O–H groups in total. The zero-order valence-electron chi connectivity index (χ0n) is 11.9. The van der Waals surface area contributed by atoms with Crippen LogP contribution in [-0.4, -0.2) is 35.7 Å². The van der Waals surface area contributed by atoms with Gasteiger partial charge in [0.25, 0.3) is 0 Å². The molecule has 0 fully saturated rings. The van der Waals surface area contributed by atoms with Gasteiger partial charge in [-0.15, -0.1) is 0 Å². The molecule has 8 heteroatoms. The summed E-state index contributed by atoms with van der Waals surface area (Å²) >= 11 is 0. The highest BCUT2D eigenvalue weighted by atomic mass is 16.2. The lowest BCUT2D eigenvalue weighted by molar-refractivity contribution is -0.133. The number of hydrogen-bond donors (Lipinski definition) is 4. The third-order valence-corrected chi connectivity index (χ3v) is 2.92. The van der Waals surface area contributed by atoms with E-state index in [0.717, 1.165) is 0 Å². The third-order valence-electron chi connectivity index (χ3n) is 2.92. The fraction of sp³-hybridized carbons (Fsp3) is 0.667. The summed E-state index contributed by atoms with van der Waals surface area (Å²) in [7, 11) is 0. The molecule has 0 saturated heterocycles. The summed E-state index contributed by atoms with van der Waals surface area (Å²) in [6, 6.07) is -1.98. The summed E-state index contributed by atoms with van der Waals surface area (Å²) in [5.74, 6) is -2.69. The van der Waals surface area contributed by atoms with Crippen molar-refractivity contribution in [3.63, 3.8) is 0 Å². The van der Waals surface area contributed by atoms with E-state index in [4.69, 9.17) is 11.5 Å². The Morgan fingerprint density at radius 1 is 1.10 bits per heavy atom. The summed E-state index contributed by atoms with van der Waals surface area (Å²) in [4.78, 5) is 45.2. The molecule has 0 aromatic rings. The van der Waals surface area contributed by atoms with E-state index in [1.807, 2.05) is 6.92 Å². The fourth-order valence-corrected chi connectivity index (χ4v) is 1.61. The predicted octanol–water partition coefficient (Wildman–Crippen LogP) is -1.62. The van der Waals surface area contributed by atoms with Gasteiger partial charge in [0.15, 0.2) is 0 Å². The second kappa shape index (κ2) is 8.13. The van der Waals surface area contributed by atoms with Crippen LogP contribution in [0.25, 0.3) is 0 Å². The number of amides is 4. The smallest absolute Gasteiger partial charge is 0.243 e. The van der Waals surface area contributed by atoms with Crippen molar-refractivity contribution in [1.29, 1.82) is 0 Å². The Morgan fingerprint density at radius 2 is 1.65 bits per heavy atom. The van der Waals surface area contributed by atoms with E-state index >= 15 is 0 Å². The number of primary amides is 2. The van der Waals surface area contributed by atoms with E-state index in [2.05, 4.69) is 10.6 Å². The Bertz CT molecular complexity index is 397. The molecule has 0 aromatic heterocycles. The van der Waals surface area contributed by atoms with E-state index in [9.17, 15) is 19.2 Å². The van der Waals surface area contributed by atoms with Crippen molar-refractivity contribution >= 4 is 23.6 Å². The first-order valence-corrected chi connectivity index (χ1v) is 6.34. The lowest BCUT2D eigenvalue weighted by Crippen LogP contribution is -2.55. The summed E-state index contributed by atoms with van der Waals surface area (Å²) in [5, 5.41) is 4.85. The van der Waals surface area contributed by atoms with Gasteiger partial charge in [-0.05, 0) is 5.92 Å². The lowest BCUT2D eigenvalue weighted by Gasteiger charge is -2.24. The fourth-order valence-electron chi connectivity index (χ4n) is 1.61. The molecule has 4 amide bonds. The van der Waals surface area contributed by atoms with Crippen LogP contribution in [0, 0.1) is 5.92 Å². The zero-order chi connectivity index (χ0) is 15.9. The van der Waals surface area contributed by atoms with Gasteiger partial charge in [-0.1, -0.05) is 20.3 Å². The van der Waals surface area contributed by atoms with Crippen LogP contribution in [-0.2, 0) is 19.2 Å². The molecule has 0 saturated carbocycles. The largest absolute Gasteiger partial charge is 0.370 e. The van der Waals surface area contributed by atoms with Crippen LogP contribution in [0.2, 0.25) is 0 Å². The molecule has 0 aliphatic carbocycles. The molecular formula is C12H22N4O4. The maximum absolute atomic E-state index is 12.1. The van der Waals surface area contributed by atoms with E-state index in [1.54, 1.807) is 6.92 Å². The van der Waals surface area contributed by atoms with Crippen molar-refractivity contribution in [2.75, 3.05) is 0 Å². The number of carbonyl (C=O) groups excluding carboxylic acids is 4. The maximum Gasteiger partial charge on any atom is 0.243 e. The third kappa shape index (κ3) is 6.17. The first kappa shape index (κ1) is 17.9. The Balaban J connectivity index is 4.91. The highest BCUT2D eigenvalue weighted by Gasteiger charge is 2.28. The second-order valence-corrected chi connectivity index (χ2v) is 4.70. The van der Waals surface area contributed by atoms with Gasteiger partial charge < -0.3 is 22.1 Å². The number of nitrogens with one attached hydrogen (secondary N) is 2. The molecule has 0 aliphatic rings. The molecule has 0 unspecified atom stereocenters. The van der Waals surface area contributed by atoms with Crippen LogP contribution in [0.1, 0.15) is 33.6 Å². The summed E-state index contributed by atoms with van der Waals surface area (Å²) in [6.45, 7) is 4.94. The van der Waals surface area contributed by atoms with Crippen LogP contribution in [0.4, 0.5) is 0 Å². The average Bonchev–Trinajstić information content (AvgIpc) is 2.33. The summed E-state index contributed by atoms with van der Waals surface area (Å²) in [5.41, 5.74) is 10.1. The van der Waals surface area contributed by atoms with Gasteiger partial charge in [-0.25, -0.2) is 0 Å². The van der Waals surface area contributed by atoms with E-state index in [0.29, 0.717) is 6.42 Å². The molecule has 0 radical (unpaired) electrons. The quantitative estimate of drug-likeness (QED) is 0.425. The summed E-state index contributed by atoms with van der Waals surface area (Å²) in [6.07, 6.45) is 0.268. The van der Waals surface area contributed by atoms with Gasteiger partial charge in [-0.3, -0.25) is 19.2 Å². The highest BCUT2D eigenvalue weighted by molar-refractivity contribution is 5.93. The molecule has 0 bridgehead atoms. The van der Waals surface area contributed by atoms with Gasteiger partial charge in [0, 0.05) is 6.92 Å². The van der Waals surface area contributed by atoms with Crippen molar-refractivity contribution in [2.45, 2.75) is 45.7 Å². The molecule has 3 atom stereocenters. The van der Waals surface area contributed by atoms with E-state index in [-0.39, 0.29) is 18.2 Å². The minimum atomic E-state index is -1.18. The van der Waals surface area contributed by atoms with Crippen molar-refractivity contribution < 1.29 is 19.2 Å². The van der Waals surface area contributed by atoms with Crippen LogP contribution in [0.3, 0.4) is 0 Å². The minimum absolute atomic E-state index is 0.138. The first-order chi connectivity index (χ1) is 9.18. The molecule has 0 heterocycles. The Kier molecular flexibility index (Phi) is 7.27. The van der Waals surface area contributed by atoms with Crippen LogP contribution in [0.15, 0.2) is 0 Å². The summed E-state index contributed by atoms with van der Waals surface area (Å²) < 4.78 is 0. The van der Waals surface area contributed by atoms with E-state index in [1.165, 1.54) is 6.92 Å². The monoisotopic (exact) mass is 286 g/mol. The van der Waals surface area contributed by atoms with Gasteiger partial charge in [0.05, 0.1) is 6.42 Å². The Hall–Kier alpha value is -2.12. The number of hydrogen-bond acceptors (Lipinski definition) is 4. The predicted molar refractivity (Wildman–Crippen MR) is 72.0 cm³/mol. The minimum Gasteiger partial charge on any atom is -0.370 e. The Labute approximate surface area is 117 Å². The Morgan fingerprint density at radius 3 is 2.00 bits per heavy atom. The molecule has 0 rings (SSSR count). The molecule has 0 spiro atoms. The molecule has 0 aliphatic heterocycles. The van der Waals surface area contributed by atoms with Crippen molar-refractivity contribution in [3.05, 3.63) is 0 Å². The number of nitrogens with two attached hydrogens (primary N) is 2. The molecule has 8 nitrogen and oxygen atoms in total. The van der Waals surface area contributed by atoms with Crippen molar-refractivity contribution in [2.24, 2.45) is 17.4 Å². The molecule has 114 valence electrons. The topological polar surface area (TPSA) is 144 Å². The van der Waals surface area contributed by atoms with Crippen LogP contribution >= 0.6 is 0 Å². The number of rotatable bonds is 8. The van der Waals surface area contributed by atoms with Gasteiger partial charge >= 0.3 is 0 Å². The van der Waals surface area contributed by atoms with Gasteiger partial charge in [0.2, 0.25) is 23.6 Å². The average molecular weight is 286 g/mol. The SMILES string of the molecule is CC[C@H](C)[C@H](NC(C)=O)C(=O)N[C@@H](CC(N)=O)C(N)=O. The highest BCUT2D eigenvalue weighted by Crippen LogP contribution is 2.08. The first-order valence-electron chi connectivity index (χ1n) is 6.34. The normalized spacial score (nSPS) is 14.8. The van der Waals surface area contributed by atoms with Crippen molar-refractivity contribution in [3.8, 4) is 0 Å². The van der Waals surface area contributed by atoms with Crippen LogP contribution in [0.5, 0.6) is 0 Å². The zero-order valence-corrected chi connectivity index (χ0v) is 11.9. The second-order valence-electron chi connectivity index (χ2n) is 4.70. The van der Waals surface area contributed by atoms with Gasteiger partial charge in [0.1, 0.15) is 12.1 Å². The molecule has 0 aromatic carbocycles. The van der Waals surface area contributed by atoms with Gasteiger partial charge in [-0.2, -0.15) is 0 Å². The van der Waals surface area contributed by atoms with E-state index < -0.39 is 29.8 Å². The molecular weight excluding hydrogens is 264 g/mol. The van der Waals surface area contributed by atoms with Crippen molar-refractivity contribution in [1.82, 2.24) is 10.6 Å². The maximum atomic E-state index is 12.1. The lowest BCUT2D eigenvalue weighted by atomic mass is 9.97. The van der Waals surface area contributed by atoms with Crippen LogP contribution < -0.4 is 22.1 Å². The number of carbonyl (C=O) groups is 4. The standard InChI is InChI=1S/C12H22N4O4/c1-4-6(2)10(15-7(3)17)12(20)16-8(11(14)19)5-9(13)18/h6,8,10H,4-5H2,1-3H3,(H2,13,18)(H2,14,19)(H,15,17)(H,16,20)/t6-,8-,10-/m0/s1.